The molecule has 1 N–H and O–H groups in total. The number of likely N-dealkylation sites (N-methyl/N-ethyl adjacent to an activating group) is 1. The second kappa shape index (κ2) is 5.85. The van der Waals surface area contributed by atoms with E-state index in [9.17, 15) is 9.90 Å². The Kier molecular flexibility index (Phi) is 4.38. The summed E-state index contributed by atoms with van der Waals surface area (Å²) >= 11 is 0. The summed E-state index contributed by atoms with van der Waals surface area (Å²) in [5, 5.41) is 11.0. The Hall–Kier alpha value is -1.19. The summed E-state index contributed by atoms with van der Waals surface area (Å²) in [6, 6.07) is 9.57. The highest BCUT2D eigenvalue weighted by atomic mass is 16.3. The fourth-order valence-corrected chi connectivity index (χ4v) is 3.14. The van der Waals surface area contributed by atoms with Gasteiger partial charge in [-0.15, -0.1) is 0 Å². The maximum atomic E-state index is 12.4. The smallest absolute Gasteiger partial charge is 0.166 e. The van der Waals surface area contributed by atoms with Crippen molar-refractivity contribution in [2.45, 2.75) is 43.7 Å². The number of rotatable bonds is 3. The van der Waals surface area contributed by atoms with Crippen LogP contribution in [0.25, 0.3) is 0 Å². The number of ketones is 1. The zero-order valence-corrected chi connectivity index (χ0v) is 11.8. The summed E-state index contributed by atoms with van der Waals surface area (Å²) < 4.78 is 0. The SMILES string of the molecule is CN(C)C(c1ccccc1)C1(O)CCCCCC1=O. The van der Waals surface area contributed by atoms with Crippen LogP contribution in [0.4, 0.5) is 0 Å². The van der Waals surface area contributed by atoms with Gasteiger partial charge < -0.3 is 5.11 Å². The van der Waals surface area contributed by atoms with E-state index in [0.717, 1.165) is 24.8 Å². The highest BCUT2D eigenvalue weighted by Crippen LogP contribution is 2.38. The zero-order valence-electron chi connectivity index (χ0n) is 11.8. The van der Waals surface area contributed by atoms with Crippen LogP contribution in [-0.2, 0) is 4.79 Å². The van der Waals surface area contributed by atoms with Gasteiger partial charge >= 0.3 is 0 Å². The van der Waals surface area contributed by atoms with E-state index in [4.69, 9.17) is 0 Å². The first-order chi connectivity index (χ1) is 9.05. The number of benzene rings is 1. The number of aliphatic hydroxyl groups is 1. The monoisotopic (exact) mass is 261 g/mol. The maximum Gasteiger partial charge on any atom is 0.166 e. The second-order valence-corrected chi connectivity index (χ2v) is 5.68. The van der Waals surface area contributed by atoms with E-state index in [-0.39, 0.29) is 11.8 Å². The van der Waals surface area contributed by atoms with Gasteiger partial charge in [-0.3, -0.25) is 9.69 Å². The molecule has 0 heterocycles. The van der Waals surface area contributed by atoms with Crippen LogP contribution < -0.4 is 0 Å². The molecule has 1 aliphatic rings. The topological polar surface area (TPSA) is 40.5 Å². The molecule has 0 amide bonds. The van der Waals surface area contributed by atoms with E-state index in [1.54, 1.807) is 0 Å². The van der Waals surface area contributed by atoms with Gasteiger partial charge in [-0.2, -0.15) is 0 Å². The third-order valence-electron chi connectivity index (χ3n) is 4.03. The molecule has 19 heavy (non-hydrogen) atoms. The Balaban J connectivity index is 2.40. The van der Waals surface area contributed by atoms with Crippen molar-refractivity contribution in [2.24, 2.45) is 0 Å². The van der Waals surface area contributed by atoms with Crippen molar-refractivity contribution in [1.29, 1.82) is 0 Å². The first-order valence-electron chi connectivity index (χ1n) is 7.03. The van der Waals surface area contributed by atoms with Crippen LogP contribution in [0.2, 0.25) is 0 Å². The normalized spacial score (nSPS) is 26.2. The first-order valence-corrected chi connectivity index (χ1v) is 7.03. The van der Waals surface area contributed by atoms with Gasteiger partial charge in [-0.1, -0.05) is 43.2 Å². The molecule has 2 rings (SSSR count). The lowest BCUT2D eigenvalue weighted by Gasteiger charge is -2.38. The van der Waals surface area contributed by atoms with Crippen molar-refractivity contribution in [3.8, 4) is 0 Å². The Morgan fingerprint density at radius 3 is 2.47 bits per heavy atom. The van der Waals surface area contributed by atoms with Crippen molar-refractivity contribution in [2.75, 3.05) is 14.1 Å². The van der Waals surface area contributed by atoms with Crippen molar-refractivity contribution >= 4 is 5.78 Å². The minimum atomic E-state index is -1.25. The van der Waals surface area contributed by atoms with E-state index in [1.165, 1.54) is 0 Å². The average molecular weight is 261 g/mol. The summed E-state index contributed by atoms with van der Waals surface area (Å²) in [4.78, 5) is 14.3. The zero-order chi connectivity index (χ0) is 13.9. The molecule has 1 aromatic carbocycles. The van der Waals surface area contributed by atoms with E-state index in [1.807, 2.05) is 49.3 Å². The molecule has 0 aliphatic heterocycles. The average Bonchev–Trinajstić information content (AvgIpc) is 2.54. The molecule has 0 radical (unpaired) electrons. The van der Waals surface area contributed by atoms with Gasteiger partial charge in [0, 0.05) is 6.42 Å². The lowest BCUT2D eigenvalue weighted by Crippen LogP contribution is -2.49. The minimum absolute atomic E-state index is 0.00690. The van der Waals surface area contributed by atoms with Gasteiger partial charge in [-0.25, -0.2) is 0 Å². The van der Waals surface area contributed by atoms with Gasteiger partial charge in [0.1, 0.15) is 5.60 Å². The summed E-state index contributed by atoms with van der Waals surface area (Å²) in [7, 11) is 3.85. The Labute approximate surface area is 115 Å². The minimum Gasteiger partial charge on any atom is -0.380 e. The largest absolute Gasteiger partial charge is 0.380 e. The molecule has 0 aromatic heterocycles. The molecular weight excluding hydrogens is 238 g/mol. The summed E-state index contributed by atoms with van der Waals surface area (Å²) in [5.41, 5.74) is -0.244. The summed E-state index contributed by atoms with van der Waals surface area (Å²) in [5.74, 6) is -0.00690. The van der Waals surface area contributed by atoms with Crippen molar-refractivity contribution in [3.63, 3.8) is 0 Å². The van der Waals surface area contributed by atoms with Gasteiger partial charge in [0.05, 0.1) is 6.04 Å². The number of carbonyl (C=O) groups is 1. The van der Waals surface area contributed by atoms with Crippen molar-refractivity contribution in [3.05, 3.63) is 35.9 Å². The van der Waals surface area contributed by atoms with Crippen LogP contribution in [-0.4, -0.2) is 35.5 Å². The molecule has 0 saturated heterocycles. The molecular formula is C16H23NO2. The molecule has 0 bridgehead atoms. The maximum absolute atomic E-state index is 12.4. The van der Waals surface area contributed by atoms with E-state index in [2.05, 4.69) is 0 Å². The third-order valence-corrected chi connectivity index (χ3v) is 4.03. The first kappa shape index (κ1) is 14.2. The Morgan fingerprint density at radius 2 is 1.84 bits per heavy atom. The van der Waals surface area contributed by atoms with E-state index in [0.29, 0.717) is 12.8 Å². The lowest BCUT2D eigenvalue weighted by molar-refractivity contribution is -0.145. The Morgan fingerprint density at radius 1 is 1.16 bits per heavy atom. The molecule has 1 aliphatic carbocycles. The predicted octanol–water partition coefficient (Wildman–Crippen LogP) is 2.55. The fraction of sp³-hybridized carbons (Fsp3) is 0.562. The molecule has 2 unspecified atom stereocenters. The van der Waals surface area contributed by atoms with E-state index >= 15 is 0 Å². The second-order valence-electron chi connectivity index (χ2n) is 5.68. The molecule has 3 heteroatoms. The van der Waals surface area contributed by atoms with Gasteiger partial charge in [-0.05, 0) is 32.5 Å². The van der Waals surface area contributed by atoms with Crippen LogP contribution in [0.5, 0.6) is 0 Å². The number of hydrogen-bond acceptors (Lipinski definition) is 3. The lowest BCUT2D eigenvalue weighted by atomic mass is 9.81. The quantitative estimate of drug-likeness (QED) is 0.850. The van der Waals surface area contributed by atoms with Crippen molar-refractivity contribution < 1.29 is 9.90 Å². The number of Topliss-reactive ketones (excluding diaryl/α,β-unsaturated/α-hetero) is 1. The third kappa shape index (κ3) is 2.88. The molecule has 1 fully saturated rings. The molecule has 3 nitrogen and oxygen atoms in total. The van der Waals surface area contributed by atoms with Crippen LogP contribution in [0.1, 0.15) is 43.7 Å². The van der Waals surface area contributed by atoms with Crippen LogP contribution in [0.15, 0.2) is 30.3 Å². The summed E-state index contributed by atoms with van der Waals surface area (Å²) in [6.07, 6.45) is 3.90. The van der Waals surface area contributed by atoms with E-state index < -0.39 is 5.60 Å². The van der Waals surface area contributed by atoms with Gasteiger partial charge in [0.2, 0.25) is 0 Å². The number of carbonyl (C=O) groups excluding carboxylic acids is 1. The van der Waals surface area contributed by atoms with Gasteiger partial charge in [0.25, 0.3) is 0 Å². The molecule has 104 valence electrons. The molecule has 1 aromatic rings. The van der Waals surface area contributed by atoms with Crippen LogP contribution in [0, 0.1) is 0 Å². The standard InChI is InChI=1S/C16H23NO2/c1-17(2)15(13-9-5-3-6-10-13)16(19)12-8-4-7-11-14(16)18/h3,5-6,9-10,15,19H,4,7-8,11-12H2,1-2H3. The highest BCUT2D eigenvalue weighted by Gasteiger charge is 2.45. The van der Waals surface area contributed by atoms with Crippen LogP contribution in [0.3, 0.4) is 0 Å². The number of hydrogen-bond donors (Lipinski definition) is 1. The highest BCUT2D eigenvalue weighted by molar-refractivity contribution is 5.88. The predicted molar refractivity (Wildman–Crippen MR) is 75.9 cm³/mol. The molecule has 2 atom stereocenters. The number of nitrogens with zero attached hydrogens (tertiary/aromatic N) is 1. The fourth-order valence-electron chi connectivity index (χ4n) is 3.14. The summed E-state index contributed by atoms with van der Waals surface area (Å²) in [6.45, 7) is 0. The van der Waals surface area contributed by atoms with Crippen molar-refractivity contribution in [1.82, 2.24) is 4.90 Å². The van der Waals surface area contributed by atoms with Crippen LogP contribution >= 0.6 is 0 Å². The molecule has 1 saturated carbocycles. The van der Waals surface area contributed by atoms with Gasteiger partial charge in [0.15, 0.2) is 5.78 Å². The Bertz CT molecular complexity index is 430. The molecule has 0 spiro atoms.